The molecule has 0 saturated carbocycles. The van der Waals surface area contributed by atoms with Crippen LogP contribution in [0, 0.1) is 12.8 Å². The van der Waals surface area contributed by atoms with E-state index in [0.717, 1.165) is 36.2 Å². The number of hydrogen-bond donors (Lipinski definition) is 1. The van der Waals surface area contributed by atoms with Gasteiger partial charge in [-0.3, -0.25) is 9.69 Å². The van der Waals surface area contributed by atoms with Crippen LogP contribution in [-0.2, 0) is 11.3 Å². The summed E-state index contributed by atoms with van der Waals surface area (Å²) in [6, 6.07) is 16.0. The van der Waals surface area contributed by atoms with Gasteiger partial charge in [-0.2, -0.15) is 4.98 Å². The minimum atomic E-state index is -0.0510. The van der Waals surface area contributed by atoms with Gasteiger partial charge in [-0.25, -0.2) is 0 Å². The van der Waals surface area contributed by atoms with Gasteiger partial charge in [-0.1, -0.05) is 67.5 Å². The quantitative estimate of drug-likeness (QED) is 0.609. The van der Waals surface area contributed by atoms with E-state index in [2.05, 4.69) is 59.3 Å². The Morgan fingerprint density at radius 2 is 2.00 bits per heavy atom. The van der Waals surface area contributed by atoms with Gasteiger partial charge in [0, 0.05) is 17.8 Å². The number of likely N-dealkylation sites (tertiary alicyclic amines) is 1. The van der Waals surface area contributed by atoms with Crippen LogP contribution in [0.25, 0.3) is 11.4 Å². The first-order chi connectivity index (χ1) is 15.0. The number of piperidine rings is 1. The molecule has 0 radical (unpaired) electrons. The van der Waals surface area contributed by atoms with Crippen molar-refractivity contribution in [2.24, 2.45) is 5.92 Å². The van der Waals surface area contributed by atoms with E-state index in [1.54, 1.807) is 0 Å². The van der Waals surface area contributed by atoms with Crippen molar-refractivity contribution in [2.45, 2.75) is 46.1 Å². The van der Waals surface area contributed by atoms with Crippen molar-refractivity contribution in [1.29, 1.82) is 0 Å². The molecular weight excluding hydrogens is 388 g/mol. The molecule has 1 N–H and O–H groups in total. The van der Waals surface area contributed by atoms with E-state index in [4.69, 9.17) is 4.52 Å². The normalized spacial score (nSPS) is 17.1. The van der Waals surface area contributed by atoms with Gasteiger partial charge in [-0.15, -0.1) is 0 Å². The lowest BCUT2D eigenvalue weighted by atomic mass is 9.95. The number of hydrogen-bond acceptors (Lipinski definition) is 5. The summed E-state index contributed by atoms with van der Waals surface area (Å²) >= 11 is 0. The van der Waals surface area contributed by atoms with Gasteiger partial charge in [0.2, 0.25) is 17.6 Å². The molecule has 0 spiro atoms. The molecule has 2 heterocycles. The van der Waals surface area contributed by atoms with Gasteiger partial charge in [-0.05, 0) is 43.4 Å². The number of nitrogens with zero attached hydrogens (tertiary/aromatic N) is 3. The Kier molecular flexibility index (Phi) is 6.47. The Labute approximate surface area is 183 Å². The molecule has 31 heavy (non-hydrogen) atoms. The number of aryl methyl sites for hydroxylation is 1. The molecule has 1 amide bonds. The first kappa shape index (κ1) is 21.2. The molecule has 162 valence electrons. The van der Waals surface area contributed by atoms with Crippen LogP contribution in [0.1, 0.15) is 49.6 Å². The lowest BCUT2D eigenvalue weighted by Crippen LogP contribution is -2.40. The Hall–Kier alpha value is -2.99. The van der Waals surface area contributed by atoms with Gasteiger partial charge < -0.3 is 9.84 Å². The third kappa shape index (κ3) is 5.02. The fraction of sp³-hybridized carbons (Fsp3) is 0.400. The number of amides is 1. The molecule has 2 aromatic carbocycles. The van der Waals surface area contributed by atoms with E-state index in [1.165, 1.54) is 5.56 Å². The van der Waals surface area contributed by atoms with Crippen LogP contribution in [0.5, 0.6) is 0 Å². The molecular formula is C25H30N4O2. The van der Waals surface area contributed by atoms with E-state index in [1.807, 2.05) is 30.3 Å². The Morgan fingerprint density at radius 3 is 2.77 bits per heavy atom. The van der Waals surface area contributed by atoms with Gasteiger partial charge >= 0.3 is 0 Å². The second kappa shape index (κ2) is 9.43. The summed E-state index contributed by atoms with van der Waals surface area (Å²) in [6.07, 6.45) is 1.87. The van der Waals surface area contributed by atoms with Crippen LogP contribution in [0.2, 0.25) is 0 Å². The molecule has 1 aromatic heterocycles. The molecule has 6 heteroatoms. The first-order valence-corrected chi connectivity index (χ1v) is 11.0. The largest absolute Gasteiger partial charge is 0.338 e. The minimum absolute atomic E-state index is 0.0510. The fourth-order valence-corrected chi connectivity index (χ4v) is 4.20. The van der Waals surface area contributed by atoms with Crippen molar-refractivity contribution >= 4 is 11.6 Å². The molecule has 1 atom stereocenters. The zero-order valence-electron chi connectivity index (χ0n) is 18.5. The Morgan fingerprint density at radius 1 is 1.19 bits per heavy atom. The third-order valence-electron chi connectivity index (χ3n) is 5.91. The van der Waals surface area contributed by atoms with Crippen molar-refractivity contribution < 1.29 is 9.32 Å². The average Bonchev–Trinajstić information content (AvgIpc) is 3.24. The van der Waals surface area contributed by atoms with Crippen molar-refractivity contribution in [3.8, 4) is 11.4 Å². The summed E-state index contributed by atoms with van der Waals surface area (Å²) in [5, 5.41) is 7.33. The van der Waals surface area contributed by atoms with Gasteiger partial charge in [0.25, 0.3) is 0 Å². The van der Waals surface area contributed by atoms with Crippen LogP contribution < -0.4 is 5.32 Å². The predicted octanol–water partition coefficient (Wildman–Crippen LogP) is 5.02. The van der Waals surface area contributed by atoms with Crippen molar-refractivity contribution in [1.82, 2.24) is 15.0 Å². The minimum Gasteiger partial charge on any atom is -0.338 e. The molecule has 1 aliphatic rings. The van der Waals surface area contributed by atoms with E-state index >= 15 is 0 Å². The van der Waals surface area contributed by atoms with Crippen LogP contribution >= 0.6 is 0 Å². The zero-order valence-corrected chi connectivity index (χ0v) is 18.5. The zero-order chi connectivity index (χ0) is 21.8. The second-order valence-corrected chi connectivity index (χ2v) is 8.64. The summed E-state index contributed by atoms with van der Waals surface area (Å²) in [5.41, 5.74) is 4.18. The lowest BCUT2D eigenvalue weighted by Gasteiger charge is -2.31. The third-order valence-corrected chi connectivity index (χ3v) is 5.91. The Bertz CT molecular complexity index is 1030. The van der Waals surface area contributed by atoms with Gasteiger partial charge in [0.05, 0.1) is 12.5 Å². The highest BCUT2D eigenvalue weighted by Crippen LogP contribution is 2.29. The highest BCUT2D eigenvalue weighted by molar-refractivity contribution is 5.94. The summed E-state index contributed by atoms with van der Waals surface area (Å²) in [5.74, 6) is 1.58. The van der Waals surface area contributed by atoms with Crippen LogP contribution in [0.15, 0.2) is 53.1 Å². The molecule has 1 saturated heterocycles. The van der Waals surface area contributed by atoms with Crippen molar-refractivity contribution in [3.05, 3.63) is 65.5 Å². The monoisotopic (exact) mass is 418 g/mol. The number of para-hydroxylation sites is 1. The van der Waals surface area contributed by atoms with E-state index in [-0.39, 0.29) is 11.8 Å². The van der Waals surface area contributed by atoms with Crippen LogP contribution in [0.4, 0.5) is 5.69 Å². The molecule has 0 aliphatic carbocycles. The standard InChI is InChI=1S/C25H30N4O2/c1-17(2)21-13-7-9-18(3)23(21)27-25(30)20-12-8-14-29(15-20)16-22-26-24(28-31-22)19-10-5-4-6-11-19/h4-7,9-11,13,17,20H,8,12,14-16H2,1-3H3,(H,27,30). The van der Waals surface area contributed by atoms with Gasteiger partial charge in [0.1, 0.15) is 0 Å². The first-order valence-electron chi connectivity index (χ1n) is 11.0. The summed E-state index contributed by atoms with van der Waals surface area (Å²) in [7, 11) is 0. The van der Waals surface area contributed by atoms with Gasteiger partial charge in [0.15, 0.2) is 0 Å². The molecule has 6 nitrogen and oxygen atoms in total. The predicted molar refractivity (Wildman–Crippen MR) is 122 cm³/mol. The SMILES string of the molecule is Cc1cccc(C(C)C)c1NC(=O)C1CCCN(Cc2nc(-c3ccccc3)no2)C1. The number of nitrogens with one attached hydrogen (secondary N) is 1. The molecule has 3 aromatic rings. The highest BCUT2D eigenvalue weighted by atomic mass is 16.5. The number of carbonyl (C=O) groups excluding carboxylic acids is 1. The smallest absolute Gasteiger partial charge is 0.241 e. The van der Waals surface area contributed by atoms with E-state index < -0.39 is 0 Å². The highest BCUT2D eigenvalue weighted by Gasteiger charge is 2.28. The van der Waals surface area contributed by atoms with Crippen molar-refractivity contribution in [3.63, 3.8) is 0 Å². The number of carbonyl (C=O) groups is 1. The molecule has 0 bridgehead atoms. The fourth-order valence-electron chi connectivity index (χ4n) is 4.20. The maximum Gasteiger partial charge on any atom is 0.241 e. The number of benzene rings is 2. The van der Waals surface area contributed by atoms with Crippen LogP contribution in [0.3, 0.4) is 0 Å². The summed E-state index contributed by atoms with van der Waals surface area (Å²) < 4.78 is 5.47. The Balaban J connectivity index is 1.40. The average molecular weight is 419 g/mol. The number of aromatic nitrogens is 2. The maximum absolute atomic E-state index is 13.1. The lowest BCUT2D eigenvalue weighted by molar-refractivity contribution is -0.121. The number of anilines is 1. The molecule has 1 unspecified atom stereocenters. The summed E-state index contributed by atoms with van der Waals surface area (Å²) in [4.78, 5) is 19.9. The molecule has 4 rings (SSSR count). The maximum atomic E-state index is 13.1. The second-order valence-electron chi connectivity index (χ2n) is 8.64. The topological polar surface area (TPSA) is 71.3 Å². The van der Waals surface area contributed by atoms with E-state index in [9.17, 15) is 4.79 Å². The summed E-state index contributed by atoms with van der Waals surface area (Å²) in [6.45, 7) is 8.54. The van der Waals surface area contributed by atoms with Crippen LogP contribution in [-0.4, -0.2) is 34.0 Å². The molecule has 1 fully saturated rings. The van der Waals surface area contributed by atoms with Crippen molar-refractivity contribution in [2.75, 3.05) is 18.4 Å². The number of rotatable bonds is 6. The molecule has 1 aliphatic heterocycles. The van der Waals surface area contributed by atoms with E-state index in [0.29, 0.717) is 30.7 Å².